The highest BCUT2D eigenvalue weighted by molar-refractivity contribution is 5.91. The van der Waals surface area contributed by atoms with E-state index in [1.807, 2.05) is 0 Å². The van der Waals surface area contributed by atoms with Crippen molar-refractivity contribution in [2.45, 2.75) is 0 Å². The molecular weight excluding hydrogens is 286 g/mol. The molecule has 0 aliphatic heterocycles. The maximum Gasteiger partial charge on any atom is 0.316 e. The Bertz CT molecular complexity index is 729. The Kier molecular flexibility index (Phi) is 3.96. The SMILES string of the molecule is O=C(COc1ncccn1)Nc1cnc(-n2cccn2)nc1. The van der Waals surface area contributed by atoms with Crippen LogP contribution in [0.15, 0.2) is 49.3 Å². The number of hydrogen-bond acceptors (Lipinski definition) is 7. The quantitative estimate of drug-likeness (QED) is 0.729. The highest BCUT2D eigenvalue weighted by Crippen LogP contribution is 2.05. The lowest BCUT2D eigenvalue weighted by molar-refractivity contribution is -0.118. The first-order valence-electron chi connectivity index (χ1n) is 6.33. The molecule has 0 aromatic carbocycles. The Labute approximate surface area is 125 Å². The Morgan fingerprint density at radius 2 is 1.86 bits per heavy atom. The minimum absolute atomic E-state index is 0.142. The van der Waals surface area contributed by atoms with Crippen molar-refractivity contribution in [1.82, 2.24) is 29.7 Å². The van der Waals surface area contributed by atoms with Crippen molar-refractivity contribution < 1.29 is 9.53 Å². The van der Waals surface area contributed by atoms with E-state index in [2.05, 4.69) is 30.4 Å². The second-order valence-corrected chi connectivity index (χ2v) is 4.09. The van der Waals surface area contributed by atoms with Crippen LogP contribution in [-0.2, 0) is 4.79 Å². The zero-order chi connectivity index (χ0) is 15.2. The number of aromatic nitrogens is 6. The second kappa shape index (κ2) is 6.39. The van der Waals surface area contributed by atoms with Crippen LogP contribution in [0.1, 0.15) is 0 Å². The van der Waals surface area contributed by atoms with E-state index in [1.165, 1.54) is 29.5 Å². The second-order valence-electron chi connectivity index (χ2n) is 4.09. The fourth-order valence-electron chi connectivity index (χ4n) is 1.58. The van der Waals surface area contributed by atoms with Crippen LogP contribution in [-0.4, -0.2) is 42.2 Å². The third-order valence-corrected chi connectivity index (χ3v) is 2.51. The summed E-state index contributed by atoms with van der Waals surface area (Å²) in [5, 5.41) is 6.62. The molecule has 0 aliphatic carbocycles. The Morgan fingerprint density at radius 1 is 1.09 bits per heavy atom. The van der Waals surface area contributed by atoms with Crippen molar-refractivity contribution in [2.75, 3.05) is 11.9 Å². The average Bonchev–Trinajstić information content (AvgIpc) is 3.09. The van der Waals surface area contributed by atoms with Crippen molar-refractivity contribution in [3.8, 4) is 12.0 Å². The van der Waals surface area contributed by atoms with Crippen LogP contribution in [0.2, 0.25) is 0 Å². The molecule has 110 valence electrons. The summed E-state index contributed by atoms with van der Waals surface area (Å²) < 4.78 is 6.65. The van der Waals surface area contributed by atoms with Gasteiger partial charge in [-0.2, -0.15) is 5.10 Å². The highest BCUT2D eigenvalue weighted by atomic mass is 16.5. The van der Waals surface area contributed by atoms with Crippen LogP contribution < -0.4 is 10.1 Å². The van der Waals surface area contributed by atoms with Gasteiger partial charge in [-0.1, -0.05) is 0 Å². The van der Waals surface area contributed by atoms with Gasteiger partial charge < -0.3 is 10.1 Å². The number of amides is 1. The van der Waals surface area contributed by atoms with Crippen molar-refractivity contribution >= 4 is 11.6 Å². The summed E-state index contributed by atoms with van der Waals surface area (Å²) in [5.41, 5.74) is 0.457. The maximum atomic E-state index is 11.7. The lowest BCUT2D eigenvalue weighted by Crippen LogP contribution is -2.21. The molecule has 0 radical (unpaired) electrons. The first kappa shape index (κ1) is 13.6. The number of hydrogen-bond donors (Lipinski definition) is 1. The average molecular weight is 297 g/mol. The van der Waals surface area contributed by atoms with E-state index in [1.54, 1.807) is 24.5 Å². The van der Waals surface area contributed by atoms with Gasteiger partial charge in [0.2, 0.25) is 0 Å². The normalized spacial score (nSPS) is 10.2. The van der Waals surface area contributed by atoms with Crippen LogP contribution in [0.3, 0.4) is 0 Å². The summed E-state index contributed by atoms with van der Waals surface area (Å²) >= 11 is 0. The molecule has 0 atom stereocenters. The zero-order valence-corrected chi connectivity index (χ0v) is 11.3. The molecule has 3 aromatic heterocycles. The number of nitrogens with one attached hydrogen (secondary N) is 1. The van der Waals surface area contributed by atoms with Crippen molar-refractivity contribution in [1.29, 1.82) is 0 Å². The molecule has 0 spiro atoms. The molecule has 0 unspecified atom stereocenters. The van der Waals surface area contributed by atoms with Gasteiger partial charge in [0.15, 0.2) is 6.61 Å². The predicted octanol–water partition coefficient (Wildman–Crippen LogP) is 0.470. The van der Waals surface area contributed by atoms with Crippen LogP contribution in [0.4, 0.5) is 5.69 Å². The lowest BCUT2D eigenvalue weighted by Gasteiger charge is -2.06. The molecule has 0 fully saturated rings. The Morgan fingerprint density at radius 3 is 2.55 bits per heavy atom. The summed E-state index contributed by atoms with van der Waals surface area (Å²) in [6.07, 6.45) is 9.38. The summed E-state index contributed by atoms with van der Waals surface area (Å²) in [7, 11) is 0. The smallest absolute Gasteiger partial charge is 0.316 e. The van der Waals surface area contributed by atoms with Gasteiger partial charge in [-0.3, -0.25) is 4.79 Å². The molecule has 1 N–H and O–H groups in total. The first-order chi connectivity index (χ1) is 10.8. The third kappa shape index (κ3) is 3.39. The summed E-state index contributed by atoms with van der Waals surface area (Å²) in [5.74, 6) is 0.0554. The molecule has 1 amide bonds. The fraction of sp³-hybridized carbons (Fsp3) is 0.0769. The maximum absolute atomic E-state index is 11.7. The third-order valence-electron chi connectivity index (χ3n) is 2.51. The van der Waals surface area contributed by atoms with Crippen molar-refractivity contribution in [3.63, 3.8) is 0 Å². The topological polar surface area (TPSA) is 108 Å². The van der Waals surface area contributed by atoms with Gasteiger partial charge in [0, 0.05) is 24.8 Å². The molecule has 3 aromatic rings. The predicted molar refractivity (Wildman–Crippen MR) is 75.3 cm³/mol. The number of nitrogens with zero attached hydrogens (tertiary/aromatic N) is 6. The molecule has 9 nitrogen and oxygen atoms in total. The van der Waals surface area contributed by atoms with Crippen LogP contribution >= 0.6 is 0 Å². The highest BCUT2D eigenvalue weighted by Gasteiger charge is 2.06. The summed E-state index contributed by atoms with van der Waals surface area (Å²) in [6, 6.07) is 3.57. The number of anilines is 1. The molecule has 0 saturated heterocycles. The molecule has 0 saturated carbocycles. The van der Waals surface area contributed by atoms with Gasteiger partial charge >= 0.3 is 6.01 Å². The number of carbonyl (C=O) groups excluding carboxylic acids is 1. The van der Waals surface area contributed by atoms with E-state index in [-0.39, 0.29) is 18.5 Å². The standard InChI is InChI=1S/C13H11N7O2/c21-11(9-22-13-14-3-1-4-15-13)19-10-7-16-12(17-8-10)20-6-2-5-18-20/h1-8H,9H2,(H,19,21). The number of ether oxygens (including phenoxy) is 1. The molecule has 0 aliphatic rings. The Balaban J connectivity index is 1.55. The van der Waals surface area contributed by atoms with E-state index in [9.17, 15) is 4.79 Å². The lowest BCUT2D eigenvalue weighted by atomic mass is 10.5. The van der Waals surface area contributed by atoms with Gasteiger partial charge in [0.05, 0.1) is 18.1 Å². The largest absolute Gasteiger partial charge is 0.453 e. The number of carbonyl (C=O) groups is 1. The fourth-order valence-corrected chi connectivity index (χ4v) is 1.58. The molecule has 0 bridgehead atoms. The van der Waals surface area contributed by atoms with Gasteiger partial charge in [-0.05, 0) is 12.1 Å². The van der Waals surface area contributed by atoms with Crippen LogP contribution in [0.25, 0.3) is 5.95 Å². The summed E-state index contributed by atoms with van der Waals surface area (Å²) in [4.78, 5) is 27.6. The minimum atomic E-state index is -0.358. The van der Waals surface area contributed by atoms with E-state index in [4.69, 9.17) is 4.74 Å². The van der Waals surface area contributed by atoms with Gasteiger partial charge in [-0.25, -0.2) is 24.6 Å². The summed E-state index contributed by atoms with van der Waals surface area (Å²) in [6.45, 7) is -0.203. The molecule has 3 heterocycles. The van der Waals surface area contributed by atoms with E-state index in [0.29, 0.717) is 11.6 Å². The molecule has 9 heteroatoms. The van der Waals surface area contributed by atoms with Gasteiger partial charge in [0.25, 0.3) is 11.9 Å². The van der Waals surface area contributed by atoms with Gasteiger partial charge in [-0.15, -0.1) is 0 Å². The number of rotatable bonds is 5. The first-order valence-corrected chi connectivity index (χ1v) is 6.33. The van der Waals surface area contributed by atoms with Crippen molar-refractivity contribution in [2.24, 2.45) is 0 Å². The zero-order valence-electron chi connectivity index (χ0n) is 11.3. The van der Waals surface area contributed by atoms with Crippen LogP contribution in [0, 0.1) is 0 Å². The Hall–Kier alpha value is -3.36. The molecular formula is C13H11N7O2. The van der Waals surface area contributed by atoms with E-state index >= 15 is 0 Å². The molecule has 3 rings (SSSR count). The monoisotopic (exact) mass is 297 g/mol. The van der Waals surface area contributed by atoms with E-state index < -0.39 is 0 Å². The minimum Gasteiger partial charge on any atom is -0.453 e. The van der Waals surface area contributed by atoms with Gasteiger partial charge in [0.1, 0.15) is 0 Å². The van der Waals surface area contributed by atoms with Crippen LogP contribution in [0.5, 0.6) is 6.01 Å². The molecule has 22 heavy (non-hydrogen) atoms. The van der Waals surface area contributed by atoms with E-state index in [0.717, 1.165) is 0 Å². The van der Waals surface area contributed by atoms with Crippen molar-refractivity contribution in [3.05, 3.63) is 49.3 Å².